The molecule has 2 unspecified atom stereocenters. The minimum absolute atomic E-state index is 0.183. The van der Waals surface area contributed by atoms with Gasteiger partial charge < -0.3 is 20.3 Å². The second-order valence-corrected chi connectivity index (χ2v) is 10.00. The number of piperidine rings is 1. The fourth-order valence-corrected chi connectivity index (χ4v) is 4.99. The van der Waals surface area contributed by atoms with Crippen LogP contribution < -0.4 is 10.6 Å². The number of ether oxygens (including phenoxy) is 1. The minimum Gasteiger partial charge on any atom is -0.444 e. The van der Waals surface area contributed by atoms with Crippen molar-refractivity contribution in [2.45, 2.75) is 75.1 Å². The highest BCUT2D eigenvalue weighted by molar-refractivity contribution is 7.99. The maximum atomic E-state index is 13.7. The molecule has 2 fully saturated rings. The first-order valence-corrected chi connectivity index (χ1v) is 11.6. The van der Waals surface area contributed by atoms with Gasteiger partial charge in [-0.2, -0.15) is 0 Å². The Morgan fingerprint density at radius 2 is 1.93 bits per heavy atom. The monoisotopic (exact) mass is 436 g/mol. The quantitative estimate of drug-likeness (QED) is 0.316. The Hall–Kier alpha value is -1.96. The number of hydrogen-bond donors (Lipinski definition) is 2. The average Bonchev–Trinajstić information content (AvgIpc) is 2.95. The van der Waals surface area contributed by atoms with Crippen LogP contribution in [-0.2, 0) is 4.74 Å². The molecular weight excluding hydrogens is 403 g/mol. The fourth-order valence-electron chi connectivity index (χ4n) is 4.19. The molecule has 30 heavy (non-hydrogen) atoms. The van der Waals surface area contributed by atoms with Gasteiger partial charge in [0.05, 0.1) is 0 Å². The predicted octanol–water partition coefficient (Wildman–Crippen LogP) is 4.01. The molecule has 2 aliphatic rings. The number of hydrogen-bond acceptors (Lipinski definition) is 4. The molecule has 2 N–H and O–H groups in total. The third-order valence-electron chi connectivity index (χ3n) is 5.39. The molecule has 3 rings (SSSR count). The van der Waals surface area contributed by atoms with Crippen LogP contribution in [0.4, 0.5) is 9.18 Å². The van der Waals surface area contributed by atoms with Gasteiger partial charge in [0.15, 0.2) is 5.96 Å². The van der Waals surface area contributed by atoms with Gasteiger partial charge in [-0.25, -0.2) is 9.18 Å². The van der Waals surface area contributed by atoms with Crippen molar-refractivity contribution >= 4 is 23.8 Å². The number of fused-ring (bicyclic) bond motifs is 2. The highest BCUT2D eigenvalue weighted by Gasteiger charge is 2.45. The molecule has 0 radical (unpaired) electrons. The van der Waals surface area contributed by atoms with Crippen LogP contribution in [0.25, 0.3) is 0 Å². The van der Waals surface area contributed by atoms with E-state index in [2.05, 4.69) is 15.6 Å². The van der Waals surface area contributed by atoms with Crippen LogP contribution >= 0.6 is 11.8 Å². The molecule has 0 saturated carbocycles. The molecule has 1 aromatic carbocycles. The van der Waals surface area contributed by atoms with Gasteiger partial charge in [-0.15, -0.1) is 11.8 Å². The van der Waals surface area contributed by atoms with Crippen molar-refractivity contribution in [1.82, 2.24) is 15.5 Å². The van der Waals surface area contributed by atoms with E-state index >= 15 is 0 Å². The van der Waals surface area contributed by atoms with Crippen LogP contribution in [0.15, 0.2) is 34.2 Å². The first kappa shape index (κ1) is 22.7. The molecule has 2 aliphatic heterocycles. The molecular formula is C22H33FN4O2S. The van der Waals surface area contributed by atoms with Gasteiger partial charge in [0.1, 0.15) is 11.4 Å². The number of nitrogens with one attached hydrogen (secondary N) is 2. The van der Waals surface area contributed by atoms with E-state index in [0.29, 0.717) is 11.4 Å². The molecule has 166 valence electrons. The standard InChI is InChI=1S/C22H33FN4O2S/c1-22(2,3)29-21(28)27-16-9-10-17(27)14-15(13-16)26-20(24-4)25-11-12-30-19-8-6-5-7-18(19)23/h5-8,15-17H,9-14H2,1-4H3,(H2,24,25,26). The second kappa shape index (κ2) is 9.90. The molecule has 0 aliphatic carbocycles. The van der Waals surface area contributed by atoms with E-state index in [-0.39, 0.29) is 30.0 Å². The second-order valence-electron chi connectivity index (χ2n) is 8.86. The van der Waals surface area contributed by atoms with Crippen LogP contribution in [-0.4, -0.2) is 60.0 Å². The number of carbonyl (C=O) groups is 1. The van der Waals surface area contributed by atoms with Gasteiger partial charge in [-0.1, -0.05) is 12.1 Å². The summed E-state index contributed by atoms with van der Waals surface area (Å²) < 4.78 is 19.3. The van der Waals surface area contributed by atoms with Crippen LogP contribution in [0, 0.1) is 5.82 Å². The molecule has 2 heterocycles. The summed E-state index contributed by atoms with van der Waals surface area (Å²) in [7, 11) is 1.75. The van der Waals surface area contributed by atoms with Gasteiger partial charge in [0.25, 0.3) is 0 Å². The lowest BCUT2D eigenvalue weighted by molar-refractivity contribution is 0.00545. The summed E-state index contributed by atoms with van der Waals surface area (Å²) in [6.45, 7) is 6.39. The third kappa shape index (κ3) is 6.03. The van der Waals surface area contributed by atoms with Crippen LogP contribution in [0.3, 0.4) is 0 Å². The summed E-state index contributed by atoms with van der Waals surface area (Å²) in [6, 6.07) is 7.51. The molecule has 1 aromatic rings. The molecule has 6 nitrogen and oxygen atoms in total. The first-order chi connectivity index (χ1) is 14.3. The Bertz CT molecular complexity index is 754. The van der Waals surface area contributed by atoms with Crippen LogP contribution in [0.2, 0.25) is 0 Å². The Morgan fingerprint density at radius 3 is 2.53 bits per heavy atom. The third-order valence-corrected chi connectivity index (χ3v) is 6.44. The number of carbonyl (C=O) groups excluding carboxylic acids is 1. The topological polar surface area (TPSA) is 66.0 Å². The minimum atomic E-state index is -0.474. The number of halogens is 1. The maximum Gasteiger partial charge on any atom is 0.410 e. The van der Waals surface area contributed by atoms with Crippen LogP contribution in [0.5, 0.6) is 0 Å². The van der Waals surface area contributed by atoms with Crippen molar-refractivity contribution in [1.29, 1.82) is 0 Å². The lowest BCUT2D eigenvalue weighted by Crippen LogP contribution is -2.55. The summed E-state index contributed by atoms with van der Waals surface area (Å²) in [5, 5.41) is 6.81. The number of guanidine groups is 1. The SMILES string of the molecule is CN=C(NCCSc1ccccc1F)NC1CC2CCC(C1)N2C(=O)OC(C)(C)C. The first-order valence-electron chi connectivity index (χ1n) is 10.6. The summed E-state index contributed by atoms with van der Waals surface area (Å²) in [4.78, 5) is 19.5. The van der Waals surface area contributed by atoms with Crippen molar-refractivity contribution in [2.75, 3.05) is 19.3 Å². The van der Waals surface area contributed by atoms with Gasteiger partial charge in [-0.05, 0) is 58.6 Å². The van der Waals surface area contributed by atoms with E-state index in [1.807, 2.05) is 31.7 Å². The van der Waals surface area contributed by atoms with Gasteiger partial charge >= 0.3 is 6.09 Å². The zero-order valence-corrected chi connectivity index (χ0v) is 19.1. The number of benzene rings is 1. The van der Waals surface area contributed by atoms with E-state index in [4.69, 9.17) is 4.74 Å². The Kier molecular flexibility index (Phi) is 7.50. The highest BCUT2D eigenvalue weighted by atomic mass is 32.2. The molecule has 0 aromatic heterocycles. The van der Waals surface area contributed by atoms with Gasteiger partial charge in [0, 0.05) is 42.4 Å². The predicted molar refractivity (Wildman–Crippen MR) is 120 cm³/mol. The number of amides is 1. The van der Waals surface area contributed by atoms with E-state index in [0.717, 1.165) is 37.4 Å². The molecule has 2 bridgehead atoms. The van der Waals surface area contributed by atoms with Crippen molar-refractivity contribution in [3.63, 3.8) is 0 Å². The lowest BCUT2D eigenvalue weighted by Gasteiger charge is -2.40. The lowest BCUT2D eigenvalue weighted by atomic mass is 9.98. The Morgan fingerprint density at radius 1 is 1.27 bits per heavy atom. The molecule has 8 heteroatoms. The zero-order valence-electron chi connectivity index (χ0n) is 18.3. The summed E-state index contributed by atoms with van der Waals surface area (Å²) >= 11 is 1.49. The van der Waals surface area contributed by atoms with Crippen LogP contribution in [0.1, 0.15) is 46.5 Å². The molecule has 2 atom stereocenters. The fraction of sp³-hybridized carbons (Fsp3) is 0.636. The van der Waals surface area contributed by atoms with Crippen molar-refractivity contribution < 1.29 is 13.9 Å². The summed E-state index contributed by atoms with van der Waals surface area (Å²) in [5.41, 5.74) is -0.474. The van der Waals surface area contributed by atoms with Gasteiger partial charge in [0.2, 0.25) is 0 Å². The molecule has 0 spiro atoms. The van der Waals surface area contributed by atoms with Crippen molar-refractivity contribution in [3.8, 4) is 0 Å². The average molecular weight is 437 g/mol. The van der Waals surface area contributed by atoms with Crippen molar-refractivity contribution in [3.05, 3.63) is 30.1 Å². The zero-order chi connectivity index (χ0) is 21.7. The normalized spacial score (nSPS) is 24.0. The number of thioether (sulfide) groups is 1. The smallest absolute Gasteiger partial charge is 0.410 e. The Balaban J connectivity index is 1.45. The number of nitrogens with zero attached hydrogens (tertiary/aromatic N) is 2. The van der Waals surface area contributed by atoms with E-state index < -0.39 is 5.60 Å². The number of rotatable bonds is 5. The highest BCUT2D eigenvalue weighted by Crippen LogP contribution is 2.36. The van der Waals surface area contributed by atoms with E-state index in [9.17, 15) is 9.18 Å². The maximum absolute atomic E-state index is 13.7. The molecule has 1 amide bonds. The van der Waals surface area contributed by atoms with E-state index in [1.165, 1.54) is 17.8 Å². The molecule has 2 saturated heterocycles. The largest absolute Gasteiger partial charge is 0.444 e. The van der Waals surface area contributed by atoms with Gasteiger partial charge in [-0.3, -0.25) is 4.99 Å². The Labute approximate surface area is 183 Å². The van der Waals surface area contributed by atoms with Crippen molar-refractivity contribution in [2.24, 2.45) is 4.99 Å². The number of aliphatic imine (C=N–C) groups is 1. The summed E-state index contributed by atoms with van der Waals surface area (Å²) in [6.07, 6.45) is 3.63. The van der Waals surface area contributed by atoms with E-state index in [1.54, 1.807) is 19.2 Å². The summed E-state index contributed by atoms with van der Waals surface area (Å²) in [5.74, 6) is 1.31.